The Morgan fingerprint density at radius 3 is 2.21 bits per heavy atom. The van der Waals surface area contributed by atoms with Gasteiger partial charge in [-0.15, -0.1) is 0 Å². The summed E-state index contributed by atoms with van der Waals surface area (Å²) in [5.74, 6) is -2.92. The average Bonchev–Trinajstić information content (AvgIpc) is 2.66. The van der Waals surface area contributed by atoms with Crippen LogP contribution in [0.1, 0.15) is 26.3 Å². The van der Waals surface area contributed by atoms with Crippen molar-refractivity contribution in [2.75, 3.05) is 6.61 Å². The third kappa shape index (κ3) is 6.55. The van der Waals surface area contributed by atoms with Crippen LogP contribution in [0.2, 0.25) is 0 Å². The van der Waals surface area contributed by atoms with Crippen LogP contribution in [0, 0.1) is 17.2 Å². The molecule has 0 spiro atoms. The molecule has 1 aliphatic heterocycles. The second-order valence-electron chi connectivity index (χ2n) is 6.45. The van der Waals surface area contributed by atoms with E-state index in [0.29, 0.717) is 0 Å². The van der Waals surface area contributed by atoms with E-state index in [0.717, 1.165) is 12.5 Å². The van der Waals surface area contributed by atoms with Crippen LogP contribution in [0.25, 0.3) is 0 Å². The number of hydrogen-bond acceptors (Lipinski definition) is 9. The highest BCUT2D eigenvalue weighted by molar-refractivity contribution is 5.67. The molecular weight excluding hydrogens is 382 g/mol. The summed E-state index contributed by atoms with van der Waals surface area (Å²) < 4.78 is 27.0. The van der Waals surface area contributed by atoms with Crippen molar-refractivity contribution >= 4 is 17.9 Å². The largest absolute Gasteiger partial charge is 0.463 e. The van der Waals surface area contributed by atoms with E-state index in [1.54, 1.807) is 0 Å². The van der Waals surface area contributed by atoms with Crippen LogP contribution in [-0.2, 0) is 44.7 Å². The molecule has 0 bridgehead atoms. The zero-order valence-corrected chi connectivity index (χ0v) is 16.4. The van der Waals surface area contributed by atoms with E-state index in [9.17, 15) is 19.6 Å². The fraction of sp³-hybridized carbons (Fsp3) is 0.500. The van der Waals surface area contributed by atoms with Crippen LogP contribution in [-0.4, -0.2) is 49.1 Å². The zero-order valence-electron chi connectivity index (χ0n) is 16.4. The molecule has 1 aliphatic rings. The lowest BCUT2D eigenvalue weighted by Gasteiger charge is -2.42. The van der Waals surface area contributed by atoms with Gasteiger partial charge in [-0.05, 0) is 5.56 Å². The fourth-order valence-electron chi connectivity index (χ4n) is 2.95. The molecule has 29 heavy (non-hydrogen) atoms. The monoisotopic (exact) mass is 405 g/mol. The summed E-state index contributed by atoms with van der Waals surface area (Å²) in [6, 6.07) is 11.3. The normalized spacial score (nSPS) is 26.1. The molecule has 0 unspecified atom stereocenters. The number of ether oxygens (including phenoxy) is 5. The quantitative estimate of drug-likeness (QED) is 0.490. The summed E-state index contributed by atoms with van der Waals surface area (Å²) in [5, 5.41) is 9.76. The third-order valence-corrected chi connectivity index (χ3v) is 4.12. The number of nitriles is 1. The van der Waals surface area contributed by atoms with E-state index < -0.39 is 48.4 Å². The molecule has 1 heterocycles. The first-order valence-corrected chi connectivity index (χ1v) is 9.00. The van der Waals surface area contributed by atoms with Gasteiger partial charge in [0.25, 0.3) is 0 Å². The van der Waals surface area contributed by atoms with Crippen LogP contribution in [0.5, 0.6) is 0 Å². The van der Waals surface area contributed by atoms with Gasteiger partial charge in [0.1, 0.15) is 24.7 Å². The van der Waals surface area contributed by atoms with E-state index in [-0.39, 0.29) is 13.2 Å². The molecule has 1 fully saturated rings. The topological polar surface area (TPSA) is 121 Å². The minimum absolute atomic E-state index is 0.147. The molecule has 0 radical (unpaired) electrons. The molecule has 1 aromatic rings. The Kier molecular flexibility index (Phi) is 8.12. The molecule has 1 saturated heterocycles. The Labute approximate surface area is 168 Å². The molecule has 1 aromatic carbocycles. The van der Waals surface area contributed by atoms with E-state index in [1.165, 1.54) is 13.8 Å². The van der Waals surface area contributed by atoms with Gasteiger partial charge < -0.3 is 23.7 Å². The lowest BCUT2D eigenvalue weighted by molar-refractivity contribution is -0.285. The molecule has 0 N–H and O–H groups in total. The minimum atomic E-state index is -1.34. The van der Waals surface area contributed by atoms with Gasteiger partial charge >= 0.3 is 17.9 Å². The summed E-state index contributed by atoms with van der Waals surface area (Å²) in [4.78, 5) is 34.3. The first kappa shape index (κ1) is 22.3. The van der Waals surface area contributed by atoms with Crippen molar-refractivity contribution in [2.24, 2.45) is 5.92 Å². The van der Waals surface area contributed by atoms with Gasteiger partial charge in [0, 0.05) is 20.8 Å². The van der Waals surface area contributed by atoms with Crippen LogP contribution >= 0.6 is 0 Å². The van der Waals surface area contributed by atoms with E-state index in [1.807, 2.05) is 30.3 Å². The highest BCUT2D eigenvalue weighted by Gasteiger charge is 2.50. The highest BCUT2D eigenvalue weighted by atomic mass is 16.7. The standard InChI is InChI=1S/C20H23NO8/c1-12(22)25-11-17-18(26-10-15-7-5-4-6-8-15)16(9-21)19(27-13(2)23)20(29-17)28-14(3)24/h4-8,16-20H,10-11H2,1-3H3/t16-,17+,18+,19+,20-/m0/s1. The van der Waals surface area contributed by atoms with Gasteiger partial charge in [0.15, 0.2) is 6.10 Å². The number of rotatable bonds is 7. The van der Waals surface area contributed by atoms with Crippen molar-refractivity contribution in [1.29, 1.82) is 5.26 Å². The number of carbonyl (C=O) groups is 3. The molecule has 2 rings (SSSR count). The minimum Gasteiger partial charge on any atom is -0.463 e. The smallest absolute Gasteiger partial charge is 0.305 e. The Morgan fingerprint density at radius 1 is 1.00 bits per heavy atom. The Hall–Kier alpha value is -2.96. The predicted octanol–water partition coefficient (Wildman–Crippen LogP) is 1.49. The summed E-state index contributed by atoms with van der Waals surface area (Å²) >= 11 is 0. The number of nitrogens with zero attached hydrogens (tertiary/aromatic N) is 1. The third-order valence-electron chi connectivity index (χ3n) is 4.12. The highest BCUT2D eigenvalue weighted by Crippen LogP contribution is 2.32. The number of hydrogen-bond donors (Lipinski definition) is 0. The maximum Gasteiger partial charge on any atom is 0.305 e. The maximum atomic E-state index is 11.5. The van der Waals surface area contributed by atoms with E-state index in [2.05, 4.69) is 6.07 Å². The van der Waals surface area contributed by atoms with E-state index in [4.69, 9.17) is 23.7 Å². The molecule has 9 heteroatoms. The SMILES string of the molecule is CC(=O)OC[C@H]1O[C@H](OC(C)=O)[C@H](OC(C)=O)[C@@H](C#N)[C@H]1OCc1ccccc1. The molecular formula is C20H23NO8. The van der Waals surface area contributed by atoms with Crippen molar-refractivity contribution in [1.82, 2.24) is 0 Å². The lowest BCUT2D eigenvalue weighted by Crippen LogP contribution is -2.58. The van der Waals surface area contributed by atoms with Crippen molar-refractivity contribution in [2.45, 2.75) is 52.0 Å². The predicted molar refractivity (Wildman–Crippen MR) is 96.7 cm³/mol. The molecule has 0 saturated carbocycles. The van der Waals surface area contributed by atoms with Crippen molar-refractivity contribution in [3.8, 4) is 6.07 Å². The van der Waals surface area contributed by atoms with Crippen LogP contribution in [0.15, 0.2) is 30.3 Å². The van der Waals surface area contributed by atoms with Gasteiger partial charge in [0.2, 0.25) is 6.29 Å². The van der Waals surface area contributed by atoms with E-state index >= 15 is 0 Å². The average molecular weight is 405 g/mol. The first-order chi connectivity index (χ1) is 13.8. The van der Waals surface area contributed by atoms with Crippen molar-refractivity contribution in [3.63, 3.8) is 0 Å². The van der Waals surface area contributed by atoms with Gasteiger partial charge in [-0.2, -0.15) is 5.26 Å². The lowest BCUT2D eigenvalue weighted by atomic mass is 9.89. The number of esters is 3. The number of carbonyl (C=O) groups excluding carboxylic acids is 3. The molecule has 0 aromatic heterocycles. The summed E-state index contributed by atoms with van der Waals surface area (Å²) in [7, 11) is 0. The Morgan fingerprint density at radius 2 is 1.66 bits per heavy atom. The van der Waals surface area contributed by atoms with Crippen LogP contribution in [0.4, 0.5) is 0 Å². The summed E-state index contributed by atoms with van der Waals surface area (Å²) in [5.41, 5.74) is 0.849. The molecule has 5 atom stereocenters. The zero-order chi connectivity index (χ0) is 21.4. The van der Waals surface area contributed by atoms with Crippen LogP contribution < -0.4 is 0 Å². The second-order valence-corrected chi connectivity index (χ2v) is 6.45. The fourth-order valence-corrected chi connectivity index (χ4v) is 2.95. The van der Waals surface area contributed by atoms with Crippen LogP contribution in [0.3, 0.4) is 0 Å². The Balaban J connectivity index is 2.29. The van der Waals surface area contributed by atoms with Gasteiger partial charge in [-0.1, -0.05) is 30.3 Å². The molecule has 156 valence electrons. The summed E-state index contributed by atoms with van der Waals surface area (Å²) in [6.07, 6.45) is -4.35. The Bertz CT molecular complexity index is 759. The number of benzene rings is 1. The van der Waals surface area contributed by atoms with Gasteiger partial charge in [-0.3, -0.25) is 14.4 Å². The maximum absolute atomic E-state index is 11.5. The molecule has 0 aliphatic carbocycles. The van der Waals surface area contributed by atoms with Gasteiger partial charge in [-0.25, -0.2) is 0 Å². The molecule has 9 nitrogen and oxygen atoms in total. The van der Waals surface area contributed by atoms with Gasteiger partial charge in [0.05, 0.1) is 12.7 Å². The first-order valence-electron chi connectivity index (χ1n) is 9.00. The molecule has 0 amide bonds. The van der Waals surface area contributed by atoms with Crippen molar-refractivity contribution in [3.05, 3.63) is 35.9 Å². The van der Waals surface area contributed by atoms with Crippen molar-refractivity contribution < 1.29 is 38.1 Å². The summed E-state index contributed by atoms with van der Waals surface area (Å²) in [6.45, 7) is 3.49. The second kappa shape index (κ2) is 10.5.